The molecule has 32 heavy (non-hydrogen) atoms. The van der Waals surface area contributed by atoms with Crippen LogP contribution in [0.4, 0.5) is 13.2 Å². The number of halogens is 3. The Hall–Kier alpha value is -2.60. The second-order valence-corrected chi connectivity index (χ2v) is 8.99. The molecule has 0 radical (unpaired) electrons. The molecule has 0 atom stereocenters. The smallest absolute Gasteiger partial charge is 0.416 e. The lowest BCUT2D eigenvalue weighted by Gasteiger charge is -2.09. The topological polar surface area (TPSA) is 26.3 Å². The molecule has 0 spiro atoms. The molecule has 0 aliphatic rings. The first-order valence-electron chi connectivity index (χ1n) is 10.7. The third-order valence-corrected chi connectivity index (χ3v) is 6.81. The van der Waals surface area contributed by atoms with Crippen LogP contribution in [-0.4, -0.2) is 12.6 Å². The van der Waals surface area contributed by atoms with Crippen LogP contribution in [0.2, 0.25) is 0 Å². The fourth-order valence-electron chi connectivity index (χ4n) is 3.66. The highest BCUT2D eigenvalue weighted by Crippen LogP contribution is 2.35. The van der Waals surface area contributed by atoms with Crippen LogP contribution in [0.3, 0.4) is 0 Å². The minimum absolute atomic E-state index is 0.173. The summed E-state index contributed by atoms with van der Waals surface area (Å²) in [5.41, 5.74) is 4.88. The number of hydrogen-bond acceptors (Lipinski definition) is 3. The van der Waals surface area contributed by atoms with Crippen LogP contribution in [-0.2, 0) is 35.0 Å². The predicted molar refractivity (Wildman–Crippen MR) is 123 cm³/mol. The molecule has 0 fully saturated rings. The zero-order valence-corrected chi connectivity index (χ0v) is 19.3. The Kier molecular flexibility index (Phi) is 7.77. The number of alkyl halides is 3. The molecule has 170 valence electrons. The van der Waals surface area contributed by atoms with Gasteiger partial charge in [-0.05, 0) is 86.1 Å². The zero-order chi connectivity index (χ0) is 23.3. The van der Waals surface area contributed by atoms with E-state index >= 15 is 0 Å². The van der Waals surface area contributed by atoms with Crippen molar-refractivity contribution in [3.63, 3.8) is 0 Å². The van der Waals surface area contributed by atoms with E-state index in [9.17, 15) is 18.0 Å². The number of rotatable bonds is 8. The molecule has 1 heterocycles. The number of hydrogen-bond donors (Lipinski definition) is 0. The highest BCUT2D eigenvalue weighted by Gasteiger charge is 2.30. The maximum atomic E-state index is 12.8. The lowest BCUT2D eigenvalue weighted by atomic mass is 9.98. The van der Waals surface area contributed by atoms with Gasteiger partial charge in [-0.2, -0.15) is 13.2 Å². The van der Waals surface area contributed by atoms with E-state index in [1.807, 2.05) is 13.0 Å². The van der Waals surface area contributed by atoms with E-state index in [4.69, 9.17) is 4.74 Å². The number of benzene rings is 2. The first-order valence-corrected chi connectivity index (χ1v) is 11.5. The van der Waals surface area contributed by atoms with Crippen LogP contribution < -0.4 is 0 Å². The van der Waals surface area contributed by atoms with Crippen molar-refractivity contribution in [3.8, 4) is 10.4 Å². The summed E-state index contributed by atoms with van der Waals surface area (Å²) < 4.78 is 43.4. The number of thiophene rings is 1. The normalized spacial score (nSPS) is 11.6. The number of esters is 1. The quantitative estimate of drug-likeness (QED) is 0.329. The Morgan fingerprint density at radius 1 is 0.938 bits per heavy atom. The Balaban J connectivity index is 1.63. The molecule has 3 aromatic rings. The van der Waals surface area contributed by atoms with Crippen molar-refractivity contribution in [3.05, 3.63) is 81.2 Å². The number of carbonyl (C=O) groups is 1. The largest absolute Gasteiger partial charge is 0.466 e. The van der Waals surface area contributed by atoms with Crippen molar-refractivity contribution < 1.29 is 22.7 Å². The Morgan fingerprint density at radius 2 is 1.66 bits per heavy atom. The molecule has 0 amide bonds. The van der Waals surface area contributed by atoms with Crippen LogP contribution in [0.15, 0.2) is 48.5 Å². The lowest BCUT2D eigenvalue weighted by molar-refractivity contribution is -0.143. The number of carbonyl (C=O) groups excluding carboxylic acids is 1. The highest BCUT2D eigenvalue weighted by molar-refractivity contribution is 7.15. The molecule has 0 bridgehead atoms. The van der Waals surface area contributed by atoms with E-state index in [-0.39, 0.29) is 5.97 Å². The molecule has 1 aromatic heterocycles. The van der Waals surface area contributed by atoms with Gasteiger partial charge < -0.3 is 4.74 Å². The fourth-order valence-corrected chi connectivity index (χ4v) is 4.83. The number of aryl methyl sites for hydroxylation is 5. The molecular weight excluding hydrogens is 433 g/mol. The van der Waals surface area contributed by atoms with Crippen molar-refractivity contribution >= 4 is 17.3 Å². The molecule has 0 saturated carbocycles. The van der Waals surface area contributed by atoms with Gasteiger partial charge in [0.05, 0.1) is 12.2 Å². The maximum Gasteiger partial charge on any atom is 0.416 e. The van der Waals surface area contributed by atoms with Gasteiger partial charge >= 0.3 is 12.1 Å². The molecule has 0 N–H and O–H groups in total. The van der Waals surface area contributed by atoms with E-state index in [1.54, 1.807) is 18.3 Å². The van der Waals surface area contributed by atoms with Gasteiger partial charge in [0.1, 0.15) is 0 Å². The molecule has 3 rings (SSSR count). The van der Waals surface area contributed by atoms with E-state index < -0.39 is 11.7 Å². The third-order valence-electron chi connectivity index (χ3n) is 5.47. The van der Waals surface area contributed by atoms with Crippen LogP contribution in [0.25, 0.3) is 10.4 Å². The summed E-state index contributed by atoms with van der Waals surface area (Å²) in [7, 11) is 0. The molecule has 6 heteroatoms. The zero-order valence-electron chi connectivity index (χ0n) is 18.5. The minimum atomic E-state index is -4.32. The monoisotopic (exact) mass is 460 g/mol. The second kappa shape index (κ2) is 10.3. The first-order chi connectivity index (χ1) is 15.2. The SMILES string of the molecule is CCOC(=O)CCc1ccc(CCc2sc(-c3ccc(C(F)(F)F)cc3)cc2C)cc1C. The molecule has 0 aliphatic heterocycles. The summed E-state index contributed by atoms with van der Waals surface area (Å²) in [6.07, 6.45) is -1.51. The van der Waals surface area contributed by atoms with Crippen molar-refractivity contribution in [1.82, 2.24) is 0 Å². The van der Waals surface area contributed by atoms with Gasteiger partial charge in [-0.25, -0.2) is 0 Å². The summed E-state index contributed by atoms with van der Waals surface area (Å²) in [5.74, 6) is -0.173. The summed E-state index contributed by atoms with van der Waals surface area (Å²) >= 11 is 1.64. The Morgan fingerprint density at radius 3 is 2.28 bits per heavy atom. The van der Waals surface area contributed by atoms with E-state index in [1.165, 1.54) is 28.1 Å². The van der Waals surface area contributed by atoms with Crippen LogP contribution in [0.5, 0.6) is 0 Å². The Bertz CT molecular complexity index is 1070. The van der Waals surface area contributed by atoms with Gasteiger partial charge in [0.2, 0.25) is 0 Å². The van der Waals surface area contributed by atoms with Crippen LogP contribution >= 0.6 is 11.3 Å². The first kappa shape index (κ1) is 24.1. The standard InChI is InChI=1S/C26H27F3O2S/c1-4-31-25(30)14-10-20-7-5-19(15-17(20)2)6-13-23-18(3)16-24(32-23)21-8-11-22(12-9-21)26(27,28)29/h5,7-9,11-12,15-16H,4,6,10,13-14H2,1-3H3. The van der Waals surface area contributed by atoms with Gasteiger partial charge in [-0.1, -0.05) is 30.3 Å². The summed E-state index contributed by atoms with van der Waals surface area (Å²) in [6.45, 7) is 6.31. The number of ether oxygens (including phenoxy) is 1. The van der Waals surface area contributed by atoms with Gasteiger partial charge in [0.15, 0.2) is 0 Å². The van der Waals surface area contributed by atoms with Crippen LogP contribution in [0.1, 0.15) is 46.0 Å². The summed E-state index contributed by atoms with van der Waals surface area (Å²) in [4.78, 5) is 13.8. The predicted octanol–water partition coefficient (Wildman–Crippen LogP) is 7.33. The van der Waals surface area contributed by atoms with Crippen molar-refractivity contribution in [2.45, 2.75) is 52.6 Å². The van der Waals surface area contributed by atoms with E-state index in [0.717, 1.165) is 46.5 Å². The lowest BCUT2D eigenvalue weighted by Crippen LogP contribution is -2.06. The molecule has 0 unspecified atom stereocenters. The van der Waals surface area contributed by atoms with Crippen molar-refractivity contribution in [2.24, 2.45) is 0 Å². The molecule has 2 nitrogen and oxygen atoms in total. The average molecular weight is 461 g/mol. The molecular formula is C26H27F3O2S. The van der Waals surface area contributed by atoms with Gasteiger partial charge in [0, 0.05) is 16.2 Å². The van der Waals surface area contributed by atoms with E-state index in [0.29, 0.717) is 19.4 Å². The van der Waals surface area contributed by atoms with Crippen molar-refractivity contribution in [1.29, 1.82) is 0 Å². The van der Waals surface area contributed by atoms with Crippen LogP contribution in [0, 0.1) is 13.8 Å². The van der Waals surface area contributed by atoms with Gasteiger partial charge in [0.25, 0.3) is 0 Å². The Labute approximate surface area is 191 Å². The molecule has 0 aliphatic carbocycles. The summed E-state index contributed by atoms with van der Waals surface area (Å²) in [5, 5.41) is 0. The minimum Gasteiger partial charge on any atom is -0.466 e. The molecule has 0 saturated heterocycles. The van der Waals surface area contributed by atoms with Gasteiger partial charge in [-0.3, -0.25) is 4.79 Å². The maximum absolute atomic E-state index is 12.8. The third kappa shape index (κ3) is 6.22. The molecule has 2 aromatic carbocycles. The van der Waals surface area contributed by atoms with E-state index in [2.05, 4.69) is 25.1 Å². The summed E-state index contributed by atoms with van der Waals surface area (Å²) in [6, 6.07) is 13.7. The van der Waals surface area contributed by atoms with Crippen molar-refractivity contribution in [2.75, 3.05) is 6.61 Å². The van der Waals surface area contributed by atoms with Gasteiger partial charge in [-0.15, -0.1) is 11.3 Å². The second-order valence-electron chi connectivity index (χ2n) is 7.86. The average Bonchev–Trinajstić information content (AvgIpc) is 3.12. The highest BCUT2D eigenvalue weighted by atomic mass is 32.1. The fraction of sp³-hybridized carbons (Fsp3) is 0.346.